The molecule has 0 bridgehead atoms. The van der Waals surface area contributed by atoms with Crippen LogP contribution in [0.15, 0.2) is 17.0 Å². The van der Waals surface area contributed by atoms with Gasteiger partial charge in [0.1, 0.15) is 0 Å². The van der Waals surface area contributed by atoms with E-state index in [9.17, 15) is 22.7 Å². The van der Waals surface area contributed by atoms with Gasteiger partial charge < -0.3 is 14.7 Å². The molecule has 0 saturated heterocycles. The number of hydrogen-bond acceptors (Lipinski definition) is 7. The van der Waals surface area contributed by atoms with Crippen LogP contribution in [0.25, 0.3) is 0 Å². The fourth-order valence-corrected chi connectivity index (χ4v) is 2.47. The Morgan fingerprint density at radius 1 is 1.42 bits per heavy atom. The minimum absolute atomic E-state index is 0.559. The van der Waals surface area contributed by atoms with Gasteiger partial charge in [0.05, 0.1) is 12.7 Å². The summed E-state index contributed by atoms with van der Waals surface area (Å²) in [4.78, 5) is 20.2. The predicted molar refractivity (Wildman–Crippen MR) is 58.0 cm³/mol. The highest BCUT2D eigenvalue weighted by atomic mass is 32.2. The van der Waals surface area contributed by atoms with E-state index in [1.807, 2.05) is 0 Å². The second-order valence-electron chi connectivity index (χ2n) is 3.07. The number of carboxylic acid groups (broad SMARTS) is 1. The average molecular weight is 310 g/mol. The minimum atomic E-state index is -4.96. The number of carbonyl (C=O) groups is 1. The molecule has 1 unspecified atom stereocenters. The van der Waals surface area contributed by atoms with Crippen LogP contribution < -0.4 is 14.2 Å². The van der Waals surface area contributed by atoms with Gasteiger partial charge in [-0.1, -0.05) is 0 Å². The number of ether oxygens (including phenoxy) is 1. The highest BCUT2D eigenvalue weighted by molar-refractivity contribution is 7.86. The zero-order valence-corrected chi connectivity index (χ0v) is 11.0. The highest BCUT2D eigenvalue weighted by Crippen LogP contribution is 2.39. The molecule has 0 aliphatic carbocycles. The molecule has 0 amide bonds. The van der Waals surface area contributed by atoms with Crippen LogP contribution in [0.1, 0.15) is 10.4 Å². The Balaban J connectivity index is 3.69. The summed E-state index contributed by atoms with van der Waals surface area (Å²) >= 11 is 0. The lowest BCUT2D eigenvalue weighted by Gasteiger charge is -2.10. The van der Waals surface area contributed by atoms with Gasteiger partial charge in [0.2, 0.25) is 5.75 Å². The van der Waals surface area contributed by atoms with Gasteiger partial charge in [-0.25, -0.2) is 4.79 Å². The molecule has 0 heterocycles. The number of carboxylic acids is 1. The molecule has 11 heteroatoms. The maximum absolute atomic E-state index is 11.2. The Bertz CT molecular complexity index is 636. The van der Waals surface area contributed by atoms with Crippen molar-refractivity contribution in [3.63, 3.8) is 0 Å². The Labute approximate surface area is 108 Å². The monoisotopic (exact) mass is 310 g/mol. The van der Waals surface area contributed by atoms with Crippen LogP contribution in [0.2, 0.25) is 0 Å². The highest BCUT2D eigenvalue weighted by Gasteiger charge is 2.30. The van der Waals surface area contributed by atoms with Gasteiger partial charge >= 0.3 is 14.2 Å². The summed E-state index contributed by atoms with van der Waals surface area (Å²) in [5.74, 6) is -2.93. The molecule has 9 nitrogen and oxygen atoms in total. The molecule has 0 aromatic heterocycles. The third-order valence-corrected chi connectivity index (χ3v) is 3.21. The van der Waals surface area contributed by atoms with Gasteiger partial charge in [0.25, 0.3) is 10.1 Å². The van der Waals surface area contributed by atoms with Gasteiger partial charge in [-0.15, -0.1) is 0 Å². The smallest absolute Gasteiger partial charge is 0.539 e. The predicted octanol–water partition coefficient (Wildman–Crippen LogP) is 0.0366. The minimum Gasteiger partial charge on any atom is -0.558 e. The summed E-state index contributed by atoms with van der Waals surface area (Å²) in [5.41, 5.74) is -0.784. The number of hydrogen-bond donors (Lipinski definition) is 2. The lowest BCUT2D eigenvalue weighted by molar-refractivity contribution is -0.178. The first-order chi connectivity index (χ1) is 8.68. The maximum atomic E-state index is 11.2. The molecule has 1 aromatic rings. The molecular weight excluding hydrogens is 303 g/mol. The van der Waals surface area contributed by atoms with E-state index in [0.29, 0.717) is 0 Å². The second kappa shape index (κ2) is 5.49. The Morgan fingerprint density at radius 3 is 2.37 bits per heavy atom. The van der Waals surface area contributed by atoms with Crippen molar-refractivity contribution in [3.8, 4) is 11.5 Å². The second-order valence-corrected chi connectivity index (χ2v) is 5.06. The number of aromatic carboxylic acids is 1. The molecule has 0 aliphatic rings. The van der Waals surface area contributed by atoms with Crippen molar-refractivity contribution in [1.82, 2.24) is 0 Å². The molecule has 0 spiro atoms. The van der Waals surface area contributed by atoms with Gasteiger partial charge in [-0.3, -0.25) is 9.08 Å². The van der Waals surface area contributed by atoms with Crippen molar-refractivity contribution >= 4 is 24.3 Å². The Morgan fingerprint density at radius 2 is 2.00 bits per heavy atom. The van der Waals surface area contributed by atoms with E-state index in [0.717, 1.165) is 19.2 Å². The van der Waals surface area contributed by atoms with Gasteiger partial charge in [0, 0.05) is 0 Å². The largest absolute Gasteiger partial charge is 0.558 e. The normalized spacial score (nSPS) is 11.8. The Kier molecular flexibility index (Phi) is 4.43. The van der Waals surface area contributed by atoms with E-state index in [4.69, 9.17) is 9.66 Å². The van der Waals surface area contributed by atoms with Crippen molar-refractivity contribution in [1.29, 1.82) is 0 Å². The van der Waals surface area contributed by atoms with Crippen LogP contribution in [-0.2, 0) is 14.7 Å². The first-order valence-electron chi connectivity index (χ1n) is 4.42. The van der Waals surface area contributed by atoms with Gasteiger partial charge in [-0.05, 0) is 16.7 Å². The van der Waals surface area contributed by atoms with Crippen LogP contribution in [0.5, 0.6) is 11.5 Å². The van der Waals surface area contributed by atoms with E-state index in [1.165, 1.54) is 0 Å². The molecule has 0 radical (unpaired) electrons. The van der Waals surface area contributed by atoms with Crippen LogP contribution in [0, 0.1) is 0 Å². The standard InChI is InChI=1S/C8H7O9PS/c1-16-6-5(17-18(11)12)3-2-4(8(9)10)7(6)19(13,14)15/h2-3H,1H3,(H,9,10)(H,13,14,15). The average Bonchev–Trinajstić information content (AvgIpc) is 2.25. The van der Waals surface area contributed by atoms with Crippen molar-refractivity contribution < 1.29 is 41.6 Å². The van der Waals surface area contributed by atoms with Crippen LogP contribution in [0.3, 0.4) is 0 Å². The summed E-state index contributed by atoms with van der Waals surface area (Å²) < 4.78 is 50.7. The molecule has 0 fully saturated rings. The van der Waals surface area contributed by atoms with E-state index < -0.39 is 46.3 Å². The van der Waals surface area contributed by atoms with Crippen LogP contribution in [0.4, 0.5) is 0 Å². The first kappa shape index (κ1) is 15.3. The molecule has 1 rings (SSSR count). The third kappa shape index (κ3) is 3.38. The molecule has 0 aliphatic heterocycles. The van der Waals surface area contributed by atoms with E-state index in [2.05, 4.69) is 9.26 Å². The fourth-order valence-electron chi connectivity index (χ4n) is 1.31. The third-order valence-electron chi connectivity index (χ3n) is 1.94. The van der Waals surface area contributed by atoms with Gasteiger partial charge in [0.15, 0.2) is 10.6 Å². The van der Waals surface area contributed by atoms with E-state index in [1.54, 1.807) is 0 Å². The van der Waals surface area contributed by atoms with Gasteiger partial charge in [-0.2, -0.15) is 8.42 Å². The number of methoxy groups -OCH3 is 1. The van der Waals surface area contributed by atoms with E-state index in [-0.39, 0.29) is 0 Å². The summed E-state index contributed by atoms with van der Waals surface area (Å²) in [5, 5.41) is 8.83. The number of rotatable bonds is 5. The lowest BCUT2D eigenvalue weighted by Crippen LogP contribution is -2.11. The topological polar surface area (TPSA) is 150 Å². The quantitative estimate of drug-likeness (QED) is 0.567. The number of benzene rings is 1. The summed E-state index contributed by atoms with van der Waals surface area (Å²) in [6.45, 7) is 0. The summed E-state index contributed by atoms with van der Waals surface area (Å²) in [7, 11) is -7.38. The van der Waals surface area contributed by atoms with Crippen molar-refractivity contribution in [2.24, 2.45) is 0 Å². The SMILES string of the molecule is COc1c(O[P+](=O)[O-])ccc(C(=O)O)c1S(=O)(=O)O. The van der Waals surface area contributed by atoms with Crippen molar-refractivity contribution in [2.45, 2.75) is 4.90 Å². The van der Waals surface area contributed by atoms with Crippen LogP contribution in [-0.4, -0.2) is 31.2 Å². The summed E-state index contributed by atoms with van der Waals surface area (Å²) in [6, 6.07) is 1.66. The maximum Gasteiger partial charge on any atom is 0.539 e. The molecule has 1 aromatic carbocycles. The molecular formula is C8H7O9PS. The van der Waals surface area contributed by atoms with Crippen molar-refractivity contribution in [2.75, 3.05) is 7.11 Å². The van der Waals surface area contributed by atoms with Crippen LogP contribution >= 0.6 is 8.25 Å². The fraction of sp³-hybridized carbons (Fsp3) is 0.125. The van der Waals surface area contributed by atoms with Crippen molar-refractivity contribution in [3.05, 3.63) is 17.7 Å². The molecule has 19 heavy (non-hydrogen) atoms. The zero-order chi connectivity index (χ0) is 14.8. The molecule has 0 saturated carbocycles. The lowest BCUT2D eigenvalue weighted by atomic mass is 10.2. The van der Waals surface area contributed by atoms with E-state index >= 15 is 0 Å². The zero-order valence-electron chi connectivity index (χ0n) is 9.26. The Hall–Kier alpha value is -1.74. The molecule has 104 valence electrons. The molecule has 2 N–H and O–H groups in total. The molecule has 1 atom stereocenters. The summed E-state index contributed by atoms with van der Waals surface area (Å²) in [6.07, 6.45) is 0. The first-order valence-corrected chi connectivity index (χ1v) is 6.96.